The number of aliphatic hydroxyl groups is 2. The average molecular weight is 168 g/mol. The summed E-state index contributed by atoms with van der Waals surface area (Å²) in [5.41, 5.74) is 0. The zero-order chi connectivity index (χ0) is 8.55. The Labute approximate surface area is 69.0 Å². The molecule has 12 heavy (non-hydrogen) atoms. The van der Waals surface area contributed by atoms with Gasteiger partial charge >= 0.3 is 0 Å². The Morgan fingerprint density at radius 1 is 0.917 bits per heavy atom. The first-order chi connectivity index (χ1) is 5.77. The van der Waals surface area contributed by atoms with E-state index in [2.05, 4.69) is 0 Å². The van der Waals surface area contributed by atoms with E-state index in [-0.39, 0.29) is 0 Å². The van der Waals surface area contributed by atoms with Crippen molar-refractivity contribution in [3.8, 4) is 11.5 Å². The monoisotopic (exact) mass is 168 g/mol. The lowest BCUT2D eigenvalue weighted by atomic mass is 10.3. The van der Waals surface area contributed by atoms with Crippen molar-refractivity contribution < 1.29 is 19.7 Å². The number of ether oxygens (including phenoxy) is 2. The van der Waals surface area contributed by atoms with Crippen LogP contribution in [0.25, 0.3) is 0 Å². The van der Waals surface area contributed by atoms with Crippen molar-refractivity contribution in [2.24, 2.45) is 0 Å². The molecular weight excluding hydrogens is 160 g/mol. The van der Waals surface area contributed by atoms with Crippen molar-refractivity contribution in [1.29, 1.82) is 0 Å². The highest BCUT2D eigenvalue weighted by Gasteiger charge is 2.27. The smallest absolute Gasteiger partial charge is 0.260 e. The third-order valence-electron chi connectivity index (χ3n) is 1.59. The molecule has 0 spiro atoms. The first-order valence-corrected chi connectivity index (χ1v) is 3.56. The molecule has 1 aliphatic rings. The van der Waals surface area contributed by atoms with Crippen LogP contribution in [0.3, 0.4) is 0 Å². The lowest BCUT2D eigenvalue weighted by Crippen LogP contribution is -2.39. The summed E-state index contributed by atoms with van der Waals surface area (Å²) in [5.74, 6) is 0.880. The Kier molecular flexibility index (Phi) is 1.64. The van der Waals surface area contributed by atoms with Gasteiger partial charge in [0.1, 0.15) is 0 Å². The van der Waals surface area contributed by atoms with Crippen LogP contribution in [0, 0.1) is 0 Å². The van der Waals surface area contributed by atoms with Crippen molar-refractivity contribution >= 4 is 0 Å². The molecule has 0 aliphatic carbocycles. The zero-order valence-electron chi connectivity index (χ0n) is 6.18. The molecule has 4 nitrogen and oxygen atoms in total. The standard InChI is InChI=1S/C8H8O4/c9-7-8(10)12-6-4-2-1-3-5(6)11-7/h1-4,7-10H/t7-,8-/m1/s1. The second-order valence-electron chi connectivity index (χ2n) is 2.46. The summed E-state index contributed by atoms with van der Waals surface area (Å²) in [6.07, 6.45) is -2.61. The van der Waals surface area contributed by atoms with Gasteiger partial charge in [0, 0.05) is 0 Å². The topological polar surface area (TPSA) is 58.9 Å². The number of benzene rings is 1. The maximum atomic E-state index is 9.03. The first kappa shape index (κ1) is 7.39. The largest absolute Gasteiger partial charge is 0.454 e. The highest BCUT2D eigenvalue weighted by atomic mass is 16.7. The van der Waals surface area contributed by atoms with Crippen LogP contribution in [-0.2, 0) is 0 Å². The van der Waals surface area contributed by atoms with Gasteiger partial charge < -0.3 is 19.7 Å². The van der Waals surface area contributed by atoms with Crippen LogP contribution in [0.4, 0.5) is 0 Å². The van der Waals surface area contributed by atoms with E-state index in [1.54, 1.807) is 24.3 Å². The molecule has 0 saturated carbocycles. The Bertz CT molecular complexity index is 257. The van der Waals surface area contributed by atoms with E-state index in [1.807, 2.05) is 0 Å². The number of rotatable bonds is 0. The minimum absolute atomic E-state index is 0.440. The lowest BCUT2D eigenvalue weighted by molar-refractivity contribution is -0.198. The number of hydrogen-bond acceptors (Lipinski definition) is 4. The van der Waals surface area contributed by atoms with Gasteiger partial charge in [0.25, 0.3) is 12.6 Å². The zero-order valence-corrected chi connectivity index (χ0v) is 6.18. The van der Waals surface area contributed by atoms with Crippen LogP contribution in [-0.4, -0.2) is 22.8 Å². The van der Waals surface area contributed by atoms with Crippen LogP contribution >= 0.6 is 0 Å². The third-order valence-corrected chi connectivity index (χ3v) is 1.59. The van der Waals surface area contributed by atoms with E-state index in [4.69, 9.17) is 19.7 Å². The Morgan fingerprint density at radius 3 is 1.75 bits per heavy atom. The second-order valence-corrected chi connectivity index (χ2v) is 2.46. The van der Waals surface area contributed by atoms with E-state index >= 15 is 0 Å². The van der Waals surface area contributed by atoms with Gasteiger partial charge in [-0.15, -0.1) is 0 Å². The molecule has 2 rings (SSSR count). The van der Waals surface area contributed by atoms with Crippen molar-refractivity contribution in [3.63, 3.8) is 0 Å². The van der Waals surface area contributed by atoms with Crippen molar-refractivity contribution in [2.75, 3.05) is 0 Å². The Balaban J connectivity index is 2.34. The Morgan fingerprint density at radius 2 is 1.33 bits per heavy atom. The predicted octanol–water partition coefficient (Wildman–Crippen LogP) is 0.0946. The fourth-order valence-electron chi connectivity index (χ4n) is 1.02. The van der Waals surface area contributed by atoms with E-state index in [9.17, 15) is 0 Å². The summed E-state index contributed by atoms with van der Waals surface area (Å²) in [6, 6.07) is 6.83. The molecule has 1 aliphatic heterocycles. The predicted molar refractivity (Wildman–Crippen MR) is 39.7 cm³/mol. The van der Waals surface area contributed by atoms with Crippen LogP contribution < -0.4 is 9.47 Å². The molecule has 1 aromatic carbocycles. The molecule has 2 N–H and O–H groups in total. The first-order valence-electron chi connectivity index (χ1n) is 3.56. The fourth-order valence-corrected chi connectivity index (χ4v) is 1.02. The highest BCUT2D eigenvalue weighted by molar-refractivity contribution is 5.40. The summed E-state index contributed by atoms with van der Waals surface area (Å²) in [6.45, 7) is 0. The van der Waals surface area contributed by atoms with E-state index in [1.165, 1.54) is 0 Å². The van der Waals surface area contributed by atoms with Gasteiger partial charge in [-0.3, -0.25) is 0 Å². The van der Waals surface area contributed by atoms with Gasteiger partial charge in [0.15, 0.2) is 11.5 Å². The summed E-state index contributed by atoms with van der Waals surface area (Å²) >= 11 is 0. The minimum atomic E-state index is -1.31. The molecule has 2 atom stereocenters. The van der Waals surface area contributed by atoms with Crippen LogP contribution in [0.5, 0.6) is 11.5 Å². The normalized spacial score (nSPS) is 26.8. The highest BCUT2D eigenvalue weighted by Crippen LogP contribution is 2.31. The van der Waals surface area contributed by atoms with Gasteiger partial charge in [0.2, 0.25) is 0 Å². The molecule has 64 valence electrons. The van der Waals surface area contributed by atoms with E-state index in [0.29, 0.717) is 11.5 Å². The average Bonchev–Trinajstić information content (AvgIpc) is 2.07. The quantitative estimate of drug-likeness (QED) is 0.576. The molecule has 1 aromatic rings. The summed E-state index contributed by atoms with van der Waals surface area (Å²) in [4.78, 5) is 0. The summed E-state index contributed by atoms with van der Waals surface area (Å²) in [7, 11) is 0. The van der Waals surface area contributed by atoms with Gasteiger partial charge in [-0.25, -0.2) is 0 Å². The number of para-hydroxylation sites is 2. The molecule has 0 saturated heterocycles. The molecule has 4 heteroatoms. The molecule has 0 unspecified atom stereocenters. The van der Waals surface area contributed by atoms with Gasteiger partial charge in [-0.1, -0.05) is 12.1 Å². The maximum Gasteiger partial charge on any atom is 0.260 e. The molecule has 0 radical (unpaired) electrons. The van der Waals surface area contributed by atoms with E-state index < -0.39 is 12.6 Å². The number of hydrogen-bond donors (Lipinski definition) is 2. The second kappa shape index (κ2) is 2.66. The number of aliphatic hydroxyl groups excluding tert-OH is 2. The van der Waals surface area contributed by atoms with Gasteiger partial charge in [-0.2, -0.15) is 0 Å². The molecule has 1 heterocycles. The fraction of sp³-hybridized carbons (Fsp3) is 0.250. The molecule has 0 bridgehead atoms. The van der Waals surface area contributed by atoms with Crippen molar-refractivity contribution in [2.45, 2.75) is 12.6 Å². The molecule has 0 amide bonds. The SMILES string of the molecule is O[C@@H]1Oc2ccccc2O[C@H]1O. The Hall–Kier alpha value is -1.26. The van der Waals surface area contributed by atoms with Crippen LogP contribution in [0.1, 0.15) is 0 Å². The van der Waals surface area contributed by atoms with Crippen molar-refractivity contribution in [3.05, 3.63) is 24.3 Å². The van der Waals surface area contributed by atoms with Crippen LogP contribution in [0.2, 0.25) is 0 Å². The lowest BCUT2D eigenvalue weighted by Gasteiger charge is -2.26. The third kappa shape index (κ3) is 1.11. The summed E-state index contributed by atoms with van der Waals surface area (Å²) in [5, 5.41) is 18.1. The maximum absolute atomic E-state index is 9.03. The van der Waals surface area contributed by atoms with Gasteiger partial charge in [-0.05, 0) is 12.1 Å². The summed E-state index contributed by atoms with van der Waals surface area (Å²) < 4.78 is 9.85. The van der Waals surface area contributed by atoms with Crippen molar-refractivity contribution in [1.82, 2.24) is 0 Å². The molecular formula is C8H8O4. The molecule has 0 aromatic heterocycles. The molecule has 0 fully saturated rings. The van der Waals surface area contributed by atoms with Crippen LogP contribution in [0.15, 0.2) is 24.3 Å². The minimum Gasteiger partial charge on any atom is -0.454 e. The van der Waals surface area contributed by atoms with E-state index in [0.717, 1.165) is 0 Å². The number of fused-ring (bicyclic) bond motifs is 1. The van der Waals surface area contributed by atoms with Gasteiger partial charge in [0.05, 0.1) is 0 Å².